The number of hydrogen-bond acceptors (Lipinski definition) is 7. The van der Waals surface area contributed by atoms with E-state index in [0.29, 0.717) is 46.6 Å². The van der Waals surface area contributed by atoms with Gasteiger partial charge in [-0.3, -0.25) is 14.5 Å². The Bertz CT molecular complexity index is 1420. The van der Waals surface area contributed by atoms with Gasteiger partial charge in [0.15, 0.2) is 0 Å². The SMILES string of the molecule is COc1cc(OC)cc(N2C(=O)C(=O)/C(=C(/O)c3ccc(OCC(C)C)c(C)c3)C2c2ccc(N(C)C)cc2)c1. The quantitative estimate of drug-likeness (QED) is 0.209. The molecule has 1 atom stereocenters. The Morgan fingerprint density at radius 1 is 0.950 bits per heavy atom. The molecule has 1 N–H and O–H groups in total. The molecule has 0 aromatic heterocycles. The van der Waals surface area contributed by atoms with E-state index in [9.17, 15) is 14.7 Å². The van der Waals surface area contributed by atoms with E-state index >= 15 is 0 Å². The van der Waals surface area contributed by atoms with Gasteiger partial charge >= 0.3 is 0 Å². The lowest BCUT2D eigenvalue weighted by Gasteiger charge is -2.26. The van der Waals surface area contributed by atoms with Gasteiger partial charge < -0.3 is 24.2 Å². The fraction of sp³-hybridized carbons (Fsp3) is 0.312. The fourth-order valence-corrected chi connectivity index (χ4v) is 4.67. The second kappa shape index (κ2) is 11.7. The van der Waals surface area contributed by atoms with Crippen molar-refractivity contribution in [2.45, 2.75) is 26.8 Å². The van der Waals surface area contributed by atoms with Crippen LogP contribution >= 0.6 is 0 Å². The molecule has 0 aliphatic carbocycles. The van der Waals surface area contributed by atoms with Crippen molar-refractivity contribution >= 4 is 28.8 Å². The summed E-state index contributed by atoms with van der Waals surface area (Å²) in [4.78, 5) is 30.5. The molecule has 1 aliphatic rings. The van der Waals surface area contributed by atoms with Crippen molar-refractivity contribution in [2.75, 3.05) is 44.7 Å². The summed E-state index contributed by atoms with van der Waals surface area (Å²) in [6, 6.07) is 16.9. The number of ketones is 1. The number of benzene rings is 3. The number of carbonyl (C=O) groups is 2. The maximum absolute atomic E-state index is 13.6. The molecule has 0 bridgehead atoms. The lowest BCUT2D eigenvalue weighted by Crippen LogP contribution is -2.29. The smallest absolute Gasteiger partial charge is 0.300 e. The Balaban J connectivity index is 1.89. The van der Waals surface area contributed by atoms with E-state index in [-0.39, 0.29) is 11.3 Å². The molecule has 1 unspecified atom stereocenters. The van der Waals surface area contributed by atoms with Crippen LogP contribution in [0.4, 0.5) is 11.4 Å². The number of aryl methyl sites for hydroxylation is 1. The molecule has 4 rings (SSSR count). The van der Waals surface area contributed by atoms with E-state index in [1.165, 1.54) is 19.1 Å². The monoisotopic (exact) mass is 544 g/mol. The molecule has 210 valence electrons. The maximum Gasteiger partial charge on any atom is 0.300 e. The number of amides is 1. The molecule has 3 aromatic carbocycles. The van der Waals surface area contributed by atoms with Crippen LogP contribution in [0, 0.1) is 12.8 Å². The summed E-state index contributed by atoms with van der Waals surface area (Å²) in [6.45, 7) is 6.57. The van der Waals surface area contributed by atoms with Crippen LogP contribution in [0.25, 0.3) is 5.76 Å². The standard InChI is InChI=1S/C32H36N2O6/c1-19(2)18-40-27-13-10-22(14-20(27)3)30(35)28-29(21-8-11-23(12-9-21)33(4)5)34(32(37)31(28)36)24-15-25(38-6)17-26(16-24)39-7/h8-17,19,29,35H,18H2,1-7H3/b30-28+. The minimum atomic E-state index is -0.884. The van der Waals surface area contributed by atoms with Crippen molar-refractivity contribution in [1.82, 2.24) is 0 Å². The Labute approximate surface area is 235 Å². The third-order valence-corrected chi connectivity index (χ3v) is 6.80. The van der Waals surface area contributed by atoms with Gasteiger partial charge in [-0.05, 0) is 54.3 Å². The molecule has 1 heterocycles. The predicted octanol–water partition coefficient (Wildman–Crippen LogP) is 5.74. The molecule has 0 saturated carbocycles. The van der Waals surface area contributed by atoms with Crippen molar-refractivity contribution in [3.63, 3.8) is 0 Å². The highest BCUT2D eigenvalue weighted by Crippen LogP contribution is 2.44. The summed E-state index contributed by atoms with van der Waals surface area (Å²) in [7, 11) is 6.89. The molecule has 8 nitrogen and oxygen atoms in total. The summed E-state index contributed by atoms with van der Waals surface area (Å²) in [6.07, 6.45) is 0. The number of methoxy groups -OCH3 is 2. The number of Topliss-reactive ketones (excluding diaryl/α,β-unsaturated/α-hetero) is 1. The van der Waals surface area contributed by atoms with Crippen LogP contribution in [-0.4, -0.2) is 51.7 Å². The Morgan fingerprint density at radius 3 is 2.10 bits per heavy atom. The number of aliphatic hydroxyl groups is 1. The lowest BCUT2D eigenvalue weighted by atomic mass is 9.94. The van der Waals surface area contributed by atoms with Gasteiger partial charge in [0.25, 0.3) is 11.7 Å². The van der Waals surface area contributed by atoms with Crippen molar-refractivity contribution in [2.24, 2.45) is 5.92 Å². The molecule has 0 spiro atoms. The first-order chi connectivity index (χ1) is 19.0. The molecule has 1 fully saturated rings. The summed E-state index contributed by atoms with van der Waals surface area (Å²) in [5.41, 5.74) is 3.26. The number of anilines is 2. The van der Waals surface area contributed by atoms with Crippen LogP contribution < -0.4 is 24.0 Å². The molecule has 40 heavy (non-hydrogen) atoms. The number of rotatable bonds is 9. The average molecular weight is 545 g/mol. The van der Waals surface area contributed by atoms with Gasteiger partial charge in [0.05, 0.1) is 38.1 Å². The molecule has 1 saturated heterocycles. The molecule has 1 aliphatic heterocycles. The van der Waals surface area contributed by atoms with Gasteiger partial charge in [-0.25, -0.2) is 0 Å². The highest BCUT2D eigenvalue weighted by molar-refractivity contribution is 6.51. The second-order valence-corrected chi connectivity index (χ2v) is 10.4. The van der Waals surface area contributed by atoms with Gasteiger partial charge in [0.1, 0.15) is 23.0 Å². The second-order valence-electron chi connectivity index (χ2n) is 10.4. The predicted molar refractivity (Wildman–Crippen MR) is 157 cm³/mol. The third kappa shape index (κ3) is 5.61. The van der Waals surface area contributed by atoms with Crippen LogP contribution in [0.15, 0.2) is 66.2 Å². The van der Waals surface area contributed by atoms with Crippen LogP contribution in [-0.2, 0) is 9.59 Å². The van der Waals surface area contributed by atoms with Gasteiger partial charge in [0, 0.05) is 43.5 Å². The van der Waals surface area contributed by atoms with E-state index < -0.39 is 17.7 Å². The topological polar surface area (TPSA) is 88.5 Å². The van der Waals surface area contributed by atoms with E-state index in [4.69, 9.17) is 14.2 Å². The van der Waals surface area contributed by atoms with Crippen LogP contribution in [0.1, 0.15) is 36.6 Å². The first kappa shape index (κ1) is 28.5. The minimum absolute atomic E-state index is 0.000335. The van der Waals surface area contributed by atoms with Crippen molar-refractivity contribution < 1.29 is 28.9 Å². The van der Waals surface area contributed by atoms with Crippen molar-refractivity contribution in [3.8, 4) is 17.2 Å². The van der Waals surface area contributed by atoms with Gasteiger partial charge in [0.2, 0.25) is 0 Å². The molecular weight excluding hydrogens is 508 g/mol. The first-order valence-corrected chi connectivity index (χ1v) is 13.1. The third-order valence-electron chi connectivity index (χ3n) is 6.80. The van der Waals surface area contributed by atoms with Crippen LogP contribution in [0.2, 0.25) is 0 Å². The lowest BCUT2D eigenvalue weighted by molar-refractivity contribution is -0.132. The largest absolute Gasteiger partial charge is 0.507 e. The number of nitrogens with zero attached hydrogens (tertiary/aromatic N) is 2. The molecule has 8 heteroatoms. The fourth-order valence-electron chi connectivity index (χ4n) is 4.67. The highest BCUT2D eigenvalue weighted by Gasteiger charge is 2.47. The van der Waals surface area contributed by atoms with Crippen LogP contribution in [0.3, 0.4) is 0 Å². The number of ether oxygens (including phenoxy) is 3. The zero-order valence-corrected chi connectivity index (χ0v) is 24.0. The summed E-state index contributed by atoms with van der Waals surface area (Å²) in [5, 5.41) is 11.6. The Hall–Kier alpha value is -4.46. The first-order valence-electron chi connectivity index (χ1n) is 13.1. The number of carbonyl (C=O) groups excluding carboxylic acids is 2. The van der Waals surface area contributed by atoms with Crippen molar-refractivity contribution in [1.29, 1.82) is 0 Å². The zero-order chi connectivity index (χ0) is 29.1. The Kier molecular flexibility index (Phi) is 8.38. The molecule has 0 radical (unpaired) electrons. The van der Waals surface area contributed by atoms with E-state index in [2.05, 4.69) is 13.8 Å². The van der Waals surface area contributed by atoms with Gasteiger partial charge in [-0.2, -0.15) is 0 Å². The number of aliphatic hydroxyl groups excluding tert-OH is 1. The summed E-state index contributed by atoms with van der Waals surface area (Å²) in [5.74, 6) is 0.195. The Morgan fingerprint density at radius 2 is 1.57 bits per heavy atom. The molecule has 1 amide bonds. The summed E-state index contributed by atoms with van der Waals surface area (Å²) < 4.78 is 16.7. The van der Waals surface area contributed by atoms with Gasteiger partial charge in [-0.15, -0.1) is 0 Å². The molecular formula is C32H36N2O6. The molecule has 3 aromatic rings. The van der Waals surface area contributed by atoms with Crippen molar-refractivity contribution in [3.05, 3.63) is 82.9 Å². The van der Waals surface area contributed by atoms with E-state index in [0.717, 1.165) is 11.3 Å². The normalized spacial score (nSPS) is 16.4. The average Bonchev–Trinajstić information content (AvgIpc) is 3.21. The number of hydrogen-bond donors (Lipinski definition) is 1. The minimum Gasteiger partial charge on any atom is -0.507 e. The van der Waals surface area contributed by atoms with Gasteiger partial charge in [-0.1, -0.05) is 26.0 Å². The van der Waals surface area contributed by atoms with Crippen LogP contribution in [0.5, 0.6) is 17.2 Å². The highest BCUT2D eigenvalue weighted by atomic mass is 16.5. The zero-order valence-electron chi connectivity index (χ0n) is 24.0. The summed E-state index contributed by atoms with van der Waals surface area (Å²) >= 11 is 0. The van der Waals surface area contributed by atoms with E-state index in [1.807, 2.05) is 50.2 Å². The van der Waals surface area contributed by atoms with E-state index in [1.54, 1.807) is 36.4 Å². The maximum atomic E-state index is 13.6.